The zero-order valence-corrected chi connectivity index (χ0v) is 15.9. The lowest BCUT2D eigenvalue weighted by Gasteiger charge is -2.35. The largest absolute Gasteiger partial charge is 0.481 e. The van der Waals surface area contributed by atoms with Gasteiger partial charge in [-0.1, -0.05) is 6.92 Å². The van der Waals surface area contributed by atoms with E-state index in [0.717, 1.165) is 38.1 Å². The van der Waals surface area contributed by atoms with Crippen molar-refractivity contribution in [3.63, 3.8) is 0 Å². The van der Waals surface area contributed by atoms with Crippen LogP contribution in [0.1, 0.15) is 64.7 Å². The summed E-state index contributed by atoms with van der Waals surface area (Å²) in [6.45, 7) is 4.24. The molecule has 6 heteroatoms. The van der Waals surface area contributed by atoms with E-state index in [0.29, 0.717) is 32.0 Å². The van der Waals surface area contributed by atoms with E-state index < -0.39 is 5.97 Å². The van der Waals surface area contributed by atoms with Crippen LogP contribution in [0.2, 0.25) is 0 Å². The van der Waals surface area contributed by atoms with Gasteiger partial charge in [-0.3, -0.25) is 14.4 Å². The van der Waals surface area contributed by atoms with Crippen LogP contribution in [0.3, 0.4) is 0 Å². The second-order valence-electron chi connectivity index (χ2n) is 8.59. The highest BCUT2D eigenvalue weighted by Gasteiger charge is 2.40. The minimum absolute atomic E-state index is 0.102. The van der Waals surface area contributed by atoms with Crippen molar-refractivity contribution in [1.29, 1.82) is 0 Å². The third-order valence-electron chi connectivity index (χ3n) is 6.53. The number of carbonyl (C=O) groups is 3. The zero-order chi connectivity index (χ0) is 18.7. The molecule has 2 amide bonds. The van der Waals surface area contributed by atoms with Gasteiger partial charge in [0.05, 0.1) is 5.92 Å². The minimum Gasteiger partial charge on any atom is -0.481 e. The summed E-state index contributed by atoms with van der Waals surface area (Å²) in [5, 5.41) is 8.87. The Labute approximate surface area is 155 Å². The predicted octanol–water partition coefficient (Wildman–Crippen LogP) is 2.52. The van der Waals surface area contributed by atoms with Gasteiger partial charge in [-0.2, -0.15) is 0 Å². The highest BCUT2D eigenvalue weighted by Crippen LogP contribution is 2.32. The molecule has 1 saturated carbocycles. The maximum atomic E-state index is 12.9. The van der Waals surface area contributed by atoms with Crippen LogP contribution in [0.5, 0.6) is 0 Å². The SMILES string of the molecule is CC1CCC(N2CC(C(=O)N3CCCC(CCC(=O)O)C3)CC2=O)CC1. The molecule has 0 aromatic rings. The number of piperidine rings is 1. The van der Waals surface area contributed by atoms with Gasteiger partial charge in [0, 0.05) is 38.5 Å². The molecule has 0 radical (unpaired) electrons. The van der Waals surface area contributed by atoms with Crippen LogP contribution in [0.15, 0.2) is 0 Å². The summed E-state index contributed by atoms with van der Waals surface area (Å²) in [6, 6.07) is 0.321. The first-order valence-corrected chi connectivity index (χ1v) is 10.2. The fourth-order valence-electron chi connectivity index (χ4n) is 4.89. The first-order valence-electron chi connectivity index (χ1n) is 10.2. The van der Waals surface area contributed by atoms with Gasteiger partial charge in [0.2, 0.25) is 11.8 Å². The number of rotatable bonds is 5. The maximum Gasteiger partial charge on any atom is 0.303 e. The average molecular weight is 364 g/mol. The van der Waals surface area contributed by atoms with Gasteiger partial charge in [-0.15, -0.1) is 0 Å². The van der Waals surface area contributed by atoms with E-state index in [1.54, 1.807) is 0 Å². The number of likely N-dealkylation sites (tertiary alicyclic amines) is 2. The van der Waals surface area contributed by atoms with E-state index in [9.17, 15) is 14.4 Å². The fourth-order valence-corrected chi connectivity index (χ4v) is 4.89. The molecule has 26 heavy (non-hydrogen) atoms. The van der Waals surface area contributed by atoms with Crippen molar-refractivity contribution in [2.75, 3.05) is 19.6 Å². The van der Waals surface area contributed by atoms with E-state index in [4.69, 9.17) is 5.11 Å². The lowest BCUT2D eigenvalue weighted by atomic mass is 9.86. The number of carboxylic acids is 1. The standard InChI is InChI=1S/C20H32N2O4/c1-14-4-7-17(8-5-14)22-13-16(11-18(22)23)20(26)21-10-2-3-15(12-21)6-9-19(24)25/h14-17H,2-13H2,1H3,(H,24,25). The Kier molecular flexibility index (Phi) is 6.20. The summed E-state index contributed by atoms with van der Waals surface area (Å²) in [5.74, 6) is 0.286. The smallest absolute Gasteiger partial charge is 0.303 e. The van der Waals surface area contributed by atoms with E-state index in [-0.39, 0.29) is 30.1 Å². The highest BCUT2D eigenvalue weighted by molar-refractivity contribution is 5.89. The van der Waals surface area contributed by atoms with Crippen LogP contribution >= 0.6 is 0 Å². The number of nitrogens with zero attached hydrogens (tertiary/aromatic N) is 2. The van der Waals surface area contributed by atoms with Gasteiger partial charge in [0.15, 0.2) is 0 Å². The van der Waals surface area contributed by atoms with Gasteiger partial charge < -0.3 is 14.9 Å². The van der Waals surface area contributed by atoms with Gasteiger partial charge in [0.25, 0.3) is 0 Å². The number of hydrogen-bond donors (Lipinski definition) is 1. The summed E-state index contributed by atoms with van der Waals surface area (Å²) < 4.78 is 0. The molecule has 3 rings (SSSR count). The van der Waals surface area contributed by atoms with Gasteiger partial charge >= 0.3 is 5.97 Å². The molecule has 1 aliphatic carbocycles. The molecule has 146 valence electrons. The Morgan fingerprint density at radius 3 is 2.54 bits per heavy atom. The fraction of sp³-hybridized carbons (Fsp3) is 0.850. The molecule has 0 aromatic heterocycles. The third kappa shape index (κ3) is 4.57. The topological polar surface area (TPSA) is 77.9 Å². The quantitative estimate of drug-likeness (QED) is 0.813. The predicted molar refractivity (Wildman–Crippen MR) is 97.4 cm³/mol. The van der Waals surface area contributed by atoms with Crippen molar-refractivity contribution < 1.29 is 19.5 Å². The average Bonchev–Trinajstić information content (AvgIpc) is 3.02. The van der Waals surface area contributed by atoms with Crippen molar-refractivity contribution in [3.8, 4) is 0 Å². The molecule has 2 unspecified atom stereocenters. The first-order chi connectivity index (χ1) is 12.4. The summed E-state index contributed by atoms with van der Waals surface area (Å²) >= 11 is 0. The summed E-state index contributed by atoms with van der Waals surface area (Å²) in [7, 11) is 0. The van der Waals surface area contributed by atoms with E-state index in [1.807, 2.05) is 9.80 Å². The van der Waals surface area contributed by atoms with Crippen LogP contribution in [-0.2, 0) is 14.4 Å². The van der Waals surface area contributed by atoms with Crippen LogP contribution < -0.4 is 0 Å². The molecule has 0 spiro atoms. The lowest BCUT2D eigenvalue weighted by molar-refractivity contribution is -0.138. The van der Waals surface area contributed by atoms with Gasteiger partial charge in [-0.05, 0) is 56.8 Å². The molecule has 0 aromatic carbocycles. The van der Waals surface area contributed by atoms with Gasteiger partial charge in [-0.25, -0.2) is 0 Å². The van der Waals surface area contributed by atoms with Crippen molar-refractivity contribution in [2.45, 2.75) is 70.8 Å². The molecule has 2 atom stereocenters. The molecule has 3 fully saturated rings. The Bertz CT molecular complexity index is 542. The summed E-state index contributed by atoms with van der Waals surface area (Å²) in [4.78, 5) is 40.1. The molecular weight excluding hydrogens is 332 g/mol. The second kappa shape index (κ2) is 8.40. The Hall–Kier alpha value is -1.59. The van der Waals surface area contributed by atoms with E-state index in [1.165, 1.54) is 12.8 Å². The van der Waals surface area contributed by atoms with Crippen LogP contribution in [0, 0.1) is 17.8 Å². The maximum absolute atomic E-state index is 12.9. The molecule has 2 heterocycles. The minimum atomic E-state index is -0.771. The monoisotopic (exact) mass is 364 g/mol. The number of hydrogen-bond acceptors (Lipinski definition) is 3. The molecule has 3 aliphatic rings. The Morgan fingerprint density at radius 2 is 1.85 bits per heavy atom. The van der Waals surface area contributed by atoms with Crippen molar-refractivity contribution >= 4 is 17.8 Å². The first kappa shape index (κ1) is 19.2. The van der Waals surface area contributed by atoms with Crippen molar-refractivity contribution in [2.24, 2.45) is 17.8 Å². The van der Waals surface area contributed by atoms with E-state index >= 15 is 0 Å². The number of aliphatic carboxylic acids is 1. The molecule has 1 N–H and O–H groups in total. The van der Waals surface area contributed by atoms with Gasteiger partial charge in [0.1, 0.15) is 0 Å². The van der Waals surface area contributed by atoms with Crippen LogP contribution in [0.25, 0.3) is 0 Å². The van der Waals surface area contributed by atoms with Crippen LogP contribution in [0.4, 0.5) is 0 Å². The molecule has 0 bridgehead atoms. The number of carboxylic acid groups (broad SMARTS) is 1. The van der Waals surface area contributed by atoms with E-state index in [2.05, 4.69) is 6.92 Å². The molecule has 2 aliphatic heterocycles. The van der Waals surface area contributed by atoms with Crippen LogP contribution in [-0.4, -0.2) is 58.4 Å². The normalized spacial score (nSPS) is 32.7. The summed E-state index contributed by atoms with van der Waals surface area (Å²) in [5.41, 5.74) is 0. The second-order valence-corrected chi connectivity index (χ2v) is 8.59. The molecule has 2 saturated heterocycles. The third-order valence-corrected chi connectivity index (χ3v) is 6.53. The molecule has 6 nitrogen and oxygen atoms in total. The van der Waals surface area contributed by atoms with Crippen molar-refractivity contribution in [1.82, 2.24) is 9.80 Å². The number of amides is 2. The Morgan fingerprint density at radius 1 is 1.12 bits per heavy atom. The highest BCUT2D eigenvalue weighted by atomic mass is 16.4. The Balaban J connectivity index is 1.53. The lowest BCUT2D eigenvalue weighted by Crippen LogP contribution is -2.44. The van der Waals surface area contributed by atoms with Crippen molar-refractivity contribution in [3.05, 3.63) is 0 Å². The summed E-state index contributed by atoms with van der Waals surface area (Å²) in [6.07, 6.45) is 7.55. The molecular formula is C20H32N2O4. The zero-order valence-electron chi connectivity index (χ0n) is 15.9. The number of carbonyl (C=O) groups excluding carboxylic acids is 2.